The van der Waals surface area contributed by atoms with Crippen molar-refractivity contribution in [3.05, 3.63) is 53.3 Å². The maximum Gasteiger partial charge on any atom is 0.257 e. The summed E-state index contributed by atoms with van der Waals surface area (Å²) in [5.74, 6) is -0.313. The Morgan fingerprint density at radius 1 is 1.11 bits per heavy atom. The van der Waals surface area contributed by atoms with Gasteiger partial charge in [-0.3, -0.25) is 9.78 Å². The number of hydrogen-bond donors (Lipinski definition) is 2. The fraction of sp³-hybridized carbons (Fsp3) is 0.143. The quantitative estimate of drug-likeness (QED) is 0.851. The van der Waals surface area contributed by atoms with Crippen LogP contribution in [0.5, 0.6) is 5.75 Å². The van der Waals surface area contributed by atoms with Gasteiger partial charge < -0.3 is 10.4 Å². The number of aromatic nitrogens is 1. The molecular formula is C14H14N2O2. The Labute approximate surface area is 105 Å². The number of rotatable bonds is 2. The Balaban J connectivity index is 2.21. The zero-order chi connectivity index (χ0) is 13.1. The van der Waals surface area contributed by atoms with Gasteiger partial charge in [-0.1, -0.05) is 6.07 Å². The first-order valence-electron chi connectivity index (χ1n) is 5.58. The van der Waals surface area contributed by atoms with E-state index >= 15 is 0 Å². The van der Waals surface area contributed by atoms with E-state index in [-0.39, 0.29) is 11.7 Å². The highest BCUT2D eigenvalue weighted by atomic mass is 16.3. The van der Waals surface area contributed by atoms with Crippen molar-refractivity contribution in [2.45, 2.75) is 13.8 Å². The molecule has 92 valence electrons. The van der Waals surface area contributed by atoms with Gasteiger partial charge in [0.1, 0.15) is 5.75 Å². The summed E-state index contributed by atoms with van der Waals surface area (Å²) in [6, 6.07) is 7.19. The van der Waals surface area contributed by atoms with Crippen LogP contribution < -0.4 is 5.32 Å². The Morgan fingerprint density at radius 2 is 1.78 bits per heavy atom. The Hall–Kier alpha value is -2.36. The fourth-order valence-electron chi connectivity index (χ4n) is 1.80. The molecule has 1 amide bonds. The van der Waals surface area contributed by atoms with Gasteiger partial charge in [-0.25, -0.2) is 0 Å². The summed E-state index contributed by atoms with van der Waals surface area (Å²) in [5, 5.41) is 12.1. The molecule has 0 aliphatic rings. The molecule has 0 unspecified atom stereocenters. The molecule has 0 saturated carbocycles. The van der Waals surface area contributed by atoms with Crippen molar-refractivity contribution < 1.29 is 9.90 Å². The van der Waals surface area contributed by atoms with Crippen LogP contribution in [0.25, 0.3) is 0 Å². The average Bonchev–Trinajstić information content (AvgIpc) is 2.27. The number of carbonyl (C=O) groups excluding carboxylic acids is 1. The van der Waals surface area contributed by atoms with Crippen LogP contribution in [-0.4, -0.2) is 16.0 Å². The Bertz CT molecular complexity index is 574. The van der Waals surface area contributed by atoms with Crippen molar-refractivity contribution in [2.75, 3.05) is 5.32 Å². The number of nitrogens with one attached hydrogen (secondary N) is 1. The third-order valence-electron chi connectivity index (χ3n) is 2.47. The summed E-state index contributed by atoms with van der Waals surface area (Å²) in [5.41, 5.74) is 3.23. The van der Waals surface area contributed by atoms with E-state index in [1.165, 1.54) is 18.5 Å². The van der Waals surface area contributed by atoms with Gasteiger partial charge in [0.15, 0.2) is 0 Å². The van der Waals surface area contributed by atoms with Crippen LogP contribution in [0.2, 0.25) is 0 Å². The van der Waals surface area contributed by atoms with Gasteiger partial charge in [0, 0.05) is 11.9 Å². The van der Waals surface area contributed by atoms with E-state index < -0.39 is 0 Å². The molecule has 0 aliphatic carbocycles. The predicted molar refractivity (Wildman–Crippen MR) is 69.8 cm³/mol. The minimum atomic E-state index is -0.289. The summed E-state index contributed by atoms with van der Waals surface area (Å²) < 4.78 is 0. The molecule has 0 radical (unpaired) electrons. The molecule has 0 atom stereocenters. The number of aromatic hydroxyl groups is 1. The third kappa shape index (κ3) is 2.85. The Morgan fingerprint density at radius 3 is 2.39 bits per heavy atom. The maximum absolute atomic E-state index is 11.9. The average molecular weight is 242 g/mol. The second-order valence-corrected chi connectivity index (χ2v) is 4.26. The lowest BCUT2D eigenvalue weighted by Gasteiger charge is -2.07. The molecule has 0 bridgehead atoms. The molecule has 2 rings (SSSR count). The Kier molecular flexibility index (Phi) is 3.28. The number of aryl methyl sites for hydroxylation is 2. The standard InChI is InChI=1S/C14H14N2O2/c1-9-3-10(2)5-12(4-9)16-14(18)11-6-13(17)8-15-7-11/h3-8,17H,1-2H3,(H,16,18). The molecule has 0 aliphatic heterocycles. The first-order chi connectivity index (χ1) is 8.54. The van der Waals surface area contributed by atoms with Crippen molar-refractivity contribution in [1.29, 1.82) is 0 Å². The van der Waals surface area contributed by atoms with Crippen LogP contribution in [0.4, 0.5) is 5.69 Å². The van der Waals surface area contributed by atoms with E-state index in [9.17, 15) is 9.90 Å². The van der Waals surface area contributed by atoms with Crippen LogP contribution in [0, 0.1) is 13.8 Å². The van der Waals surface area contributed by atoms with E-state index in [4.69, 9.17) is 0 Å². The first-order valence-corrected chi connectivity index (χ1v) is 5.58. The predicted octanol–water partition coefficient (Wildman–Crippen LogP) is 2.66. The summed E-state index contributed by atoms with van der Waals surface area (Å²) >= 11 is 0. The highest BCUT2D eigenvalue weighted by molar-refractivity contribution is 6.04. The van der Waals surface area contributed by atoms with Crippen LogP contribution in [0.15, 0.2) is 36.7 Å². The van der Waals surface area contributed by atoms with E-state index in [1.54, 1.807) is 0 Å². The maximum atomic E-state index is 11.9. The summed E-state index contributed by atoms with van der Waals surface area (Å²) in [6.07, 6.45) is 2.70. The van der Waals surface area contributed by atoms with Gasteiger partial charge in [-0.15, -0.1) is 0 Å². The molecule has 0 spiro atoms. The molecule has 2 aromatic rings. The number of anilines is 1. The van der Waals surface area contributed by atoms with E-state index in [2.05, 4.69) is 10.3 Å². The molecule has 4 nitrogen and oxygen atoms in total. The largest absolute Gasteiger partial charge is 0.506 e. The topological polar surface area (TPSA) is 62.2 Å². The van der Waals surface area contributed by atoms with Crippen LogP contribution >= 0.6 is 0 Å². The van der Waals surface area contributed by atoms with Gasteiger partial charge in [0.2, 0.25) is 0 Å². The van der Waals surface area contributed by atoms with Crippen LogP contribution in [0.3, 0.4) is 0 Å². The SMILES string of the molecule is Cc1cc(C)cc(NC(=O)c2cncc(O)c2)c1. The first kappa shape index (κ1) is 12.1. The van der Waals surface area contributed by atoms with E-state index in [1.807, 2.05) is 32.0 Å². The van der Waals surface area contributed by atoms with E-state index in [0.717, 1.165) is 16.8 Å². The van der Waals surface area contributed by atoms with Gasteiger partial charge >= 0.3 is 0 Å². The summed E-state index contributed by atoms with van der Waals surface area (Å²) in [6.45, 7) is 3.94. The highest BCUT2D eigenvalue weighted by Crippen LogP contribution is 2.16. The molecule has 0 fully saturated rings. The van der Waals surface area contributed by atoms with Gasteiger partial charge in [-0.2, -0.15) is 0 Å². The van der Waals surface area contributed by atoms with Crippen molar-refractivity contribution in [3.8, 4) is 5.75 Å². The van der Waals surface area contributed by atoms with Crippen molar-refractivity contribution in [2.24, 2.45) is 0 Å². The third-order valence-corrected chi connectivity index (χ3v) is 2.47. The monoisotopic (exact) mass is 242 g/mol. The van der Waals surface area contributed by atoms with E-state index in [0.29, 0.717) is 5.56 Å². The normalized spacial score (nSPS) is 10.1. The molecule has 18 heavy (non-hydrogen) atoms. The second-order valence-electron chi connectivity index (χ2n) is 4.26. The lowest BCUT2D eigenvalue weighted by Crippen LogP contribution is -2.12. The van der Waals surface area contributed by atoms with Crippen molar-refractivity contribution in [3.63, 3.8) is 0 Å². The molecule has 4 heteroatoms. The minimum absolute atomic E-state index is 0.0249. The molecule has 0 saturated heterocycles. The number of pyridine rings is 1. The van der Waals surface area contributed by atoms with Crippen molar-refractivity contribution >= 4 is 11.6 Å². The lowest BCUT2D eigenvalue weighted by atomic mass is 10.1. The van der Waals surface area contributed by atoms with Gasteiger partial charge in [0.25, 0.3) is 5.91 Å². The number of nitrogens with zero attached hydrogens (tertiary/aromatic N) is 1. The second kappa shape index (κ2) is 4.87. The number of hydrogen-bond acceptors (Lipinski definition) is 3. The fourth-order valence-corrected chi connectivity index (χ4v) is 1.80. The highest BCUT2D eigenvalue weighted by Gasteiger charge is 2.07. The molecule has 2 N–H and O–H groups in total. The zero-order valence-corrected chi connectivity index (χ0v) is 10.3. The smallest absolute Gasteiger partial charge is 0.257 e. The minimum Gasteiger partial charge on any atom is -0.506 e. The lowest BCUT2D eigenvalue weighted by molar-refractivity contribution is 0.102. The van der Waals surface area contributed by atoms with Crippen LogP contribution in [-0.2, 0) is 0 Å². The van der Waals surface area contributed by atoms with Gasteiger partial charge in [0.05, 0.1) is 11.8 Å². The number of benzene rings is 1. The molecule has 1 heterocycles. The zero-order valence-electron chi connectivity index (χ0n) is 10.3. The summed E-state index contributed by atoms with van der Waals surface area (Å²) in [7, 11) is 0. The van der Waals surface area contributed by atoms with Crippen molar-refractivity contribution in [1.82, 2.24) is 4.98 Å². The molecule has 1 aromatic carbocycles. The summed E-state index contributed by atoms with van der Waals surface area (Å²) in [4.78, 5) is 15.7. The number of carbonyl (C=O) groups is 1. The van der Waals surface area contributed by atoms with Crippen LogP contribution in [0.1, 0.15) is 21.5 Å². The number of amides is 1. The molecular weight excluding hydrogens is 228 g/mol. The molecule has 1 aromatic heterocycles. The van der Waals surface area contributed by atoms with Gasteiger partial charge in [-0.05, 0) is 43.2 Å².